The highest BCUT2D eigenvalue weighted by atomic mass is 32.1. The third kappa shape index (κ3) is 6.18. The number of nitrogens with zero attached hydrogens (tertiary/aromatic N) is 1. The molecule has 0 aliphatic carbocycles. The van der Waals surface area contributed by atoms with Crippen LogP contribution in [0.15, 0.2) is 71.1 Å². The van der Waals surface area contributed by atoms with Crippen molar-refractivity contribution in [3.05, 3.63) is 76.5 Å². The van der Waals surface area contributed by atoms with Gasteiger partial charge in [0, 0.05) is 0 Å². The van der Waals surface area contributed by atoms with E-state index in [1.54, 1.807) is 54.6 Å². The van der Waals surface area contributed by atoms with Crippen LogP contribution in [0, 0.1) is 0 Å². The summed E-state index contributed by atoms with van der Waals surface area (Å²) in [5.74, 6) is 0.696. The molecular formula is C22H20N2O5S. The van der Waals surface area contributed by atoms with E-state index in [2.05, 4.69) is 10.5 Å². The average Bonchev–Trinajstić information content (AvgIpc) is 3.30. The molecule has 8 heteroatoms. The van der Waals surface area contributed by atoms with Crippen molar-refractivity contribution in [2.75, 3.05) is 13.2 Å². The number of amides is 1. The zero-order chi connectivity index (χ0) is 21.2. The van der Waals surface area contributed by atoms with E-state index in [1.807, 2.05) is 18.4 Å². The van der Waals surface area contributed by atoms with Crippen LogP contribution in [0.25, 0.3) is 0 Å². The molecule has 0 aliphatic rings. The second-order valence-corrected chi connectivity index (χ2v) is 6.85. The van der Waals surface area contributed by atoms with Gasteiger partial charge < -0.3 is 14.2 Å². The number of thiophene rings is 1. The number of rotatable bonds is 9. The van der Waals surface area contributed by atoms with Gasteiger partial charge in [-0.05, 0) is 60.3 Å². The fourth-order valence-corrected chi connectivity index (χ4v) is 2.97. The van der Waals surface area contributed by atoms with Crippen LogP contribution < -0.4 is 19.6 Å². The molecule has 3 aromatic rings. The first-order valence-electron chi connectivity index (χ1n) is 9.18. The maximum atomic E-state index is 11.9. The molecule has 1 N–H and O–H groups in total. The highest BCUT2D eigenvalue weighted by Crippen LogP contribution is 2.26. The standard InChI is InChI=1S/C22H20N2O5S/c1-2-27-18-6-3-4-7-19(18)28-15-21(25)24-23-14-16-9-11-17(12-10-16)29-22(26)20-8-5-13-30-20/h3-14H,2,15H2,1H3,(H,24,25)/b23-14-. The van der Waals surface area contributed by atoms with Crippen molar-refractivity contribution < 1.29 is 23.8 Å². The Hall–Kier alpha value is -3.65. The van der Waals surface area contributed by atoms with Crippen molar-refractivity contribution in [2.45, 2.75) is 6.92 Å². The van der Waals surface area contributed by atoms with Crippen LogP contribution in [0.5, 0.6) is 17.2 Å². The summed E-state index contributed by atoms with van der Waals surface area (Å²) in [6.07, 6.45) is 1.48. The highest BCUT2D eigenvalue weighted by Gasteiger charge is 2.09. The zero-order valence-corrected chi connectivity index (χ0v) is 17.1. The number of carbonyl (C=O) groups is 2. The molecule has 1 amide bonds. The van der Waals surface area contributed by atoms with Gasteiger partial charge in [-0.2, -0.15) is 5.10 Å². The van der Waals surface area contributed by atoms with E-state index in [0.29, 0.717) is 28.7 Å². The van der Waals surface area contributed by atoms with Crippen molar-refractivity contribution in [2.24, 2.45) is 5.10 Å². The van der Waals surface area contributed by atoms with Crippen LogP contribution in [0.4, 0.5) is 0 Å². The summed E-state index contributed by atoms with van der Waals surface area (Å²) in [4.78, 5) is 24.4. The molecule has 0 unspecified atom stereocenters. The molecule has 0 bridgehead atoms. The predicted molar refractivity (Wildman–Crippen MR) is 115 cm³/mol. The molecule has 0 spiro atoms. The van der Waals surface area contributed by atoms with E-state index >= 15 is 0 Å². The van der Waals surface area contributed by atoms with Gasteiger partial charge in [0.15, 0.2) is 18.1 Å². The summed E-state index contributed by atoms with van der Waals surface area (Å²) < 4.78 is 16.2. The summed E-state index contributed by atoms with van der Waals surface area (Å²) in [5.41, 5.74) is 3.13. The average molecular weight is 424 g/mol. The van der Waals surface area contributed by atoms with Crippen molar-refractivity contribution in [1.29, 1.82) is 0 Å². The second-order valence-electron chi connectivity index (χ2n) is 5.90. The van der Waals surface area contributed by atoms with Gasteiger partial charge >= 0.3 is 5.97 Å². The molecule has 3 rings (SSSR count). The predicted octanol–water partition coefficient (Wildman–Crippen LogP) is 3.90. The maximum absolute atomic E-state index is 11.9. The van der Waals surface area contributed by atoms with Gasteiger partial charge in [-0.3, -0.25) is 4.79 Å². The topological polar surface area (TPSA) is 86.2 Å². The molecule has 0 radical (unpaired) electrons. The first-order valence-corrected chi connectivity index (χ1v) is 10.1. The van der Waals surface area contributed by atoms with Gasteiger partial charge in [-0.1, -0.05) is 18.2 Å². The molecule has 0 atom stereocenters. The van der Waals surface area contributed by atoms with Crippen molar-refractivity contribution in [3.8, 4) is 17.2 Å². The number of ether oxygens (including phenoxy) is 3. The Labute approximate surface area is 177 Å². The molecule has 0 aliphatic heterocycles. The summed E-state index contributed by atoms with van der Waals surface area (Å²) in [6.45, 7) is 2.18. The number of nitrogens with one attached hydrogen (secondary N) is 1. The third-order valence-corrected chi connectivity index (χ3v) is 4.57. The Bertz CT molecular complexity index is 1000. The molecule has 7 nitrogen and oxygen atoms in total. The normalized spacial score (nSPS) is 10.6. The summed E-state index contributed by atoms with van der Waals surface area (Å²) in [6, 6.07) is 17.4. The van der Waals surface area contributed by atoms with E-state index in [-0.39, 0.29) is 6.61 Å². The lowest BCUT2D eigenvalue weighted by atomic mass is 10.2. The van der Waals surface area contributed by atoms with Crippen molar-refractivity contribution in [3.63, 3.8) is 0 Å². The van der Waals surface area contributed by atoms with Crippen LogP contribution in [0.1, 0.15) is 22.2 Å². The second kappa shape index (κ2) is 10.8. The largest absolute Gasteiger partial charge is 0.490 e. The Morgan fingerprint density at radius 3 is 2.40 bits per heavy atom. The first kappa shape index (κ1) is 21.1. The van der Waals surface area contributed by atoms with Crippen molar-refractivity contribution >= 4 is 29.4 Å². The maximum Gasteiger partial charge on any atom is 0.353 e. The van der Waals surface area contributed by atoms with Gasteiger partial charge in [-0.25, -0.2) is 10.2 Å². The summed E-state index contributed by atoms with van der Waals surface area (Å²) in [5, 5.41) is 5.71. The van der Waals surface area contributed by atoms with E-state index in [4.69, 9.17) is 14.2 Å². The molecule has 154 valence electrons. The molecule has 0 fully saturated rings. The number of hydrogen-bond donors (Lipinski definition) is 1. The Morgan fingerprint density at radius 1 is 1.00 bits per heavy atom. The van der Waals surface area contributed by atoms with E-state index in [1.165, 1.54) is 17.6 Å². The van der Waals surface area contributed by atoms with E-state index < -0.39 is 11.9 Å². The van der Waals surface area contributed by atoms with Gasteiger partial charge in [0.05, 0.1) is 12.8 Å². The van der Waals surface area contributed by atoms with Crippen LogP contribution in [0.2, 0.25) is 0 Å². The minimum atomic E-state index is -0.404. The molecule has 2 aromatic carbocycles. The van der Waals surface area contributed by atoms with Gasteiger partial charge in [0.2, 0.25) is 0 Å². The minimum Gasteiger partial charge on any atom is -0.490 e. The quantitative estimate of drug-likeness (QED) is 0.244. The molecular weight excluding hydrogens is 404 g/mol. The Kier molecular flexibility index (Phi) is 7.57. The van der Waals surface area contributed by atoms with Gasteiger partial charge in [0.1, 0.15) is 10.6 Å². The molecule has 1 heterocycles. The first-order chi connectivity index (χ1) is 14.7. The number of benzene rings is 2. The lowest BCUT2D eigenvalue weighted by molar-refractivity contribution is -0.123. The van der Waals surface area contributed by atoms with Gasteiger partial charge in [-0.15, -0.1) is 11.3 Å². The molecule has 1 aromatic heterocycles. The van der Waals surface area contributed by atoms with Crippen LogP contribution >= 0.6 is 11.3 Å². The zero-order valence-electron chi connectivity index (χ0n) is 16.2. The number of carbonyl (C=O) groups excluding carboxylic acids is 2. The van der Waals surface area contributed by atoms with Crippen molar-refractivity contribution in [1.82, 2.24) is 5.43 Å². The van der Waals surface area contributed by atoms with Crippen LogP contribution in [-0.2, 0) is 4.79 Å². The summed E-state index contributed by atoms with van der Waals surface area (Å²) >= 11 is 1.32. The van der Waals surface area contributed by atoms with E-state index in [0.717, 1.165) is 5.56 Å². The van der Waals surface area contributed by atoms with E-state index in [9.17, 15) is 9.59 Å². The smallest absolute Gasteiger partial charge is 0.353 e. The third-order valence-electron chi connectivity index (χ3n) is 3.72. The Morgan fingerprint density at radius 2 is 1.73 bits per heavy atom. The summed E-state index contributed by atoms with van der Waals surface area (Å²) in [7, 11) is 0. The monoisotopic (exact) mass is 424 g/mol. The number of hydrogen-bond acceptors (Lipinski definition) is 7. The number of para-hydroxylation sites is 2. The van der Waals surface area contributed by atoms with Crippen LogP contribution in [0.3, 0.4) is 0 Å². The fraction of sp³-hybridized carbons (Fsp3) is 0.136. The minimum absolute atomic E-state index is 0.195. The van der Waals surface area contributed by atoms with Gasteiger partial charge in [0.25, 0.3) is 5.91 Å². The molecule has 0 saturated carbocycles. The fourth-order valence-electron chi connectivity index (χ4n) is 2.37. The Balaban J connectivity index is 1.46. The lowest BCUT2D eigenvalue weighted by Crippen LogP contribution is -2.24. The lowest BCUT2D eigenvalue weighted by Gasteiger charge is -2.10. The molecule has 30 heavy (non-hydrogen) atoms. The molecule has 0 saturated heterocycles. The number of hydrazone groups is 1. The van der Waals surface area contributed by atoms with Crippen LogP contribution in [-0.4, -0.2) is 31.3 Å². The SMILES string of the molecule is CCOc1ccccc1OCC(=O)N/N=C\c1ccc(OC(=O)c2cccs2)cc1. The number of esters is 1. The highest BCUT2D eigenvalue weighted by molar-refractivity contribution is 7.12.